The van der Waals surface area contributed by atoms with Crippen LogP contribution in [-0.4, -0.2) is 62.4 Å². The van der Waals surface area contributed by atoms with E-state index in [1.165, 1.54) is 10.6 Å². The minimum Gasteiger partial charge on any atom is -0.300 e. The van der Waals surface area contributed by atoms with Crippen molar-refractivity contribution in [2.75, 3.05) is 39.0 Å². The minimum absolute atomic E-state index is 0.161. The summed E-state index contributed by atoms with van der Waals surface area (Å²) in [6, 6.07) is 0. The van der Waals surface area contributed by atoms with Crippen LogP contribution in [0, 0.1) is 11.8 Å². The molecule has 0 aromatic rings. The molecule has 0 N–H and O–H groups in total. The van der Waals surface area contributed by atoms with Crippen LogP contribution in [0.4, 0.5) is 0 Å². The molecule has 110 valence electrons. The zero-order chi connectivity index (χ0) is 14.0. The first kappa shape index (κ1) is 14.9. The number of ketones is 1. The van der Waals surface area contributed by atoms with Crippen LogP contribution in [-0.2, 0) is 14.8 Å². The topological polar surface area (TPSA) is 57.7 Å². The number of hydrogen-bond donors (Lipinski definition) is 0. The summed E-state index contributed by atoms with van der Waals surface area (Å²) in [7, 11) is -3.06. The zero-order valence-corrected chi connectivity index (χ0v) is 12.7. The average molecular weight is 288 g/mol. The summed E-state index contributed by atoms with van der Waals surface area (Å²) in [5, 5.41) is 0. The van der Waals surface area contributed by atoms with E-state index < -0.39 is 10.0 Å². The van der Waals surface area contributed by atoms with Crippen LogP contribution < -0.4 is 0 Å². The van der Waals surface area contributed by atoms with Gasteiger partial charge in [-0.1, -0.05) is 6.92 Å². The highest BCUT2D eigenvalue weighted by atomic mass is 32.2. The van der Waals surface area contributed by atoms with E-state index in [0.717, 1.165) is 38.9 Å². The molecule has 2 rings (SSSR count). The fourth-order valence-electron chi connectivity index (χ4n) is 3.06. The summed E-state index contributed by atoms with van der Waals surface area (Å²) in [6.07, 6.45) is 3.99. The number of Topliss-reactive ketones (excluding diaryl/α,β-unsaturated/α-hetero) is 1. The number of sulfonamides is 1. The fraction of sp³-hybridized carbons (Fsp3) is 0.923. The van der Waals surface area contributed by atoms with Gasteiger partial charge in [-0.2, -0.15) is 4.31 Å². The third-order valence-electron chi connectivity index (χ3n) is 4.30. The first-order valence-corrected chi connectivity index (χ1v) is 8.91. The third-order valence-corrected chi connectivity index (χ3v) is 5.61. The summed E-state index contributed by atoms with van der Waals surface area (Å²) in [5.41, 5.74) is 0. The largest absolute Gasteiger partial charge is 0.300 e. The van der Waals surface area contributed by atoms with Gasteiger partial charge >= 0.3 is 0 Å². The van der Waals surface area contributed by atoms with Crippen molar-refractivity contribution in [3.63, 3.8) is 0 Å². The van der Waals surface area contributed by atoms with Crippen LogP contribution in [0.2, 0.25) is 0 Å². The van der Waals surface area contributed by atoms with Gasteiger partial charge in [-0.05, 0) is 18.8 Å². The van der Waals surface area contributed by atoms with Crippen LogP contribution in [0.25, 0.3) is 0 Å². The van der Waals surface area contributed by atoms with Crippen LogP contribution >= 0.6 is 0 Å². The summed E-state index contributed by atoms with van der Waals surface area (Å²) < 4.78 is 24.4. The Morgan fingerprint density at radius 2 is 1.84 bits per heavy atom. The molecular weight excluding hydrogens is 264 g/mol. The van der Waals surface area contributed by atoms with Crippen molar-refractivity contribution in [2.45, 2.75) is 26.2 Å². The molecule has 6 heteroatoms. The smallest absolute Gasteiger partial charge is 0.211 e. The van der Waals surface area contributed by atoms with Gasteiger partial charge in [0.1, 0.15) is 5.78 Å². The molecule has 0 spiro atoms. The minimum atomic E-state index is -3.06. The highest BCUT2D eigenvalue weighted by Crippen LogP contribution is 2.27. The molecule has 5 nitrogen and oxygen atoms in total. The van der Waals surface area contributed by atoms with E-state index >= 15 is 0 Å². The molecule has 0 aromatic carbocycles. The van der Waals surface area contributed by atoms with E-state index in [1.54, 1.807) is 0 Å². The van der Waals surface area contributed by atoms with Crippen LogP contribution in [0.3, 0.4) is 0 Å². The molecule has 1 saturated heterocycles. The number of carbonyl (C=O) groups excluding carboxylic acids is 1. The zero-order valence-electron chi connectivity index (χ0n) is 11.8. The van der Waals surface area contributed by atoms with E-state index in [1.807, 2.05) is 0 Å². The maximum Gasteiger partial charge on any atom is 0.211 e. The molecule has 1 saturated carbocycles. The predicted octanol–water partition coefficient (Wildman–Crippen LogP) is 0.569. The molecule has 1 aliphatic heterocycles. The average Bonchev–Trinajstić information content (AvgIpc) is 2.33. The fourth-order valence-corrected chi connectivity index (χ4v) is 3.89. The maximum absolute atomic E-state index is 11.9. The predicted molar refractivity (Wildman–Crippen MR) is 74.4 cm³/mol. The van der Waals surface area contributed by atoms with E-state index in [-0.39, 0.29) is 5.92 Å². The molecule has 2 unspecified atom stereocenters. The summed E-state index contributed by atoms with van der Waals surface area (Å²) in [5.74, 6) is 1.19. The van der Waals surface area contributed by atoms with Gasteiger partial charge < -0.3 is 0 Å². The van der Waals surface area contributed by atoms with Crippen LogP contribution in [0.5, 0.6) is 0 Å². The van der Waals surface area contributed by atoms with E-state index in [2.05, 4.69) is 11.8 Å². The van der Waals surface area contributed by atoms with Gasteiger partial charge in [0.05, 0.1) is 6.26 Å². The van der Waals surface area contributed by atoms with Gasteiger partial charge in [-0.25, -0.2) is 8.42 Å². The van der Waals surface area contributed by atoms with Gasteiger partial charge in [0, 0.05) is 45.1 Å². The van der Waals surface area contributed by atoms with Crippen LogP contribution in [0.15, 0.2) is 0 Å². The first-order valence-electron chi connectivity index (χ1n) is 7.06. The molecule has 2 aliphatic rings. The summed E-state index contributed by atoms with van der Waals surface area (Å²) >= 11 is 0. The van der Waals surface area contributed by atoms with Crippen molar-refractivity contribution >= 4 is 15.8 Å². The Morgan fingerprint density at radius 1 is 1.21 bits per heavy atom. The highest BCUT2D eigenvalue weighted by molar-refractivity contribution is 7.88. The SMILES string of the molecule is CC1CCC(=O)C(CN2CCN(S(C)(=O)=O)CC2)C1. The normalized spacial score (nSPS) is 31.6. The lowest BCUT2D eigenvalue weighted by molar-refractivity contribution is -0.126. The van der Waals surface area contributed by atoms with Crippen molar-refractivity contribution < 1.29 is 13.2 Å². The lowest BCUT2D eigenvalue weighted by Crippen LogP contribution is -2.50. The Kier molecular flexibility index (Phi) is 4.63. The molecule has 0 bridgehead atoms. The molecule has 2 fully saturated rings. The van der Waals surface area contributed by atoms with Crippen LogP contribution in [0.1, 0.15) is 26.2 Å². The highest BCUT2D eigenvalue weighted by Gasteiger charge is 2.30. The maximum atomic E-state index is 11.9. The Labute approximate surface area is 116 Å². The Bertz CT molecular complexity index is 427. The van der Waals surface area contributed by atoms with Crippen molar-refractivity contribution in [3.8, 4) is 0 Å². The standard InChI is InChI=1S/C13H24N2O3S/c1-11-3-4-13(16)12(9-11)10-14-5-7-15(8-6-14)19(2,17)18/h11-12H,3-10H2,1-2H3. The van der Waals surface area contributed by atoms with Crippen molar-refractivity contribution in [2.24, 2.45) is 11.8 Å². The Hall–Kier alpha value is -0.460. The van der Waals surface area contributed by atoms with Crippen molar-refractivity contribution in [3.05, 3.63) is 0 Å². The van der Waals surface area contributed by atoms with Crippen molar-refractivity contribution in [1.29, 1.82) is 0 Å². The van der Waals surface area contributed by atoms with Gasteiger partial charge in [0.2, 0.25) is 10.0 Å². The molecule has 2 atom stereocenters. The van der Waals surface area contributed by atoms with E-state index in [0.29, 0.717) is 24.8 Å². The van der Waals surface area contributed by atoms with Gasteiger partial charge in [0.15, 0.2) is 0 Å². The van der Waals surface area contributed by atoms with E-state index in [9.17, 15) is 13.2 Å². The van der Waals surface area contributed by atoms with Gasteiger partial charge in [0.25, 0.3) is 0 Å². The summed E-state index contributed by atoms with van der Waals surface area (Å²) in [4.78, 5) is 14.1. The van der Waals surface area contributed by atoms with Gasteiger partial charge in [-0.15, -0.1) is 0 Å². The molecular formula is C13H24N2O3S. The molecule has 0 radical (unpaired) electrons. The molecule has 0 aromatic heterocycles. The lowest BCUT2D eigenvalue weighted by atomic mass is 9.81. The first-order chi connectivity index (χ1) is 8.86. The number of carbonyl (C=O) groups is 1. The monoisotopic (exact) mass is 288 g/mol. The molecule has 1 heterocycles. The Morgan fingerprint density at radius 3 is 2.42 bits per heavy atom. The number of rotatable bonds is 3. The number of nitrogens with zero attached hydrogens (tertiary/aromatic N) is 2. The van der Waals surface area contributed by atoms with Crippen molar-refractivity contribution in [1.82, 2.24) is 9.21 Å². The van der Waals surface area contributed by atoms with Gasteiger partial charge in [-0.3, -0.25) is 9.69 Å². The second-order valence-electron chi connectivity index (χ2n) is 6.01. The lowest BCUT2D eigenvalue weighted by Gasteiger charge is -2.36. The second kappa shape index (κ2) is 5.89. The second-order valence-corrected chi connectivity index (χ2v) is 7.99. The Balaban J connectivity index is 1.84. The molecule has 19 heavy (non-hydrogen) atoms. The number of hydrogen-bond acceptors (Lipinski definition) is 4. The summed E-state index contributed by atoms with van der Waals surface area (Å²) in [6.45, 7) is 5.60. The van der Waals surface area contributed by atoms with E-state index in [4.69, 9.17) is 0 Å². The number of piperazine rings is 1. The third kappa shape index (κ3) is 4.00. The molecule has 0 amide bonds. The quantitative estimate of drug-likeness (QED) is 0.762. The molecule has 1 aliphatic carbocycles.